The van der Waals surface area contributed by atoms with Gasteiger partial charge in [-0.05, 0) is 18.6 Å². The van der Waals surface area contributed by atoms with Crippen molar-refractivity contribution in [3.8, 4) is 22.8 Å². The predicted molar refractivity (Wildman–Crippen MR) is 74.9 cm³/mol. The fourth-order valence-corrected chi connectivity index (χ4v) is 2.50. The third kappa shape index (κ3) is 2.26. The molecular formula is C13H16N2O2S. The molecule has 1 aromatic carbocycles. The van der Waals surface area contributed by atoms with Crippen LogP contribution in [0.1, 0.15) is 5.56 Å². The lowest BCUT2D eigenvalue weighted by molar-refractivity contribution is 0.395. The Labute approximate surface area is 111 Å². The van der Waals surface area contributed by atoms with E-state index in [0.29, 0.717) is 0 Å². The number of nitrogens with one attached hydrogen (secondary N) is 1. The molecule has 18 heavy (non-hydrogen) atoms. The molecule has 0 amide bonds. The second kappa shape index (κ2) is 5.27. The molecule has 2 aromatic rings. The monoisotopic (exact) mass is 264 g/mol. The van der Waals surface area contributed by atoms with Gasteiger partial charge >= 0.3 is 0 Å². The van der Waals surface area contributed by atoms with Crippen LogP contribution in [-0.2, 0) is 0 Å². The largest absolute Gasteiger partial charge is 0.497 e. The molecule has 96 valence electrons. The lowest BCUT2D eigenvalue weighted by atomic mass is 10.0. The molecule has 0 spiro atoms. The summed E-state index contributed by atoms with van der Waals surface area (Å²) in [5.41, 5.74) is 3.01. The normalized spacial score (nSPS) is 10.2. The van der Waals surface area contributed by atoms with Crippen LogP contribution in [0.5, 0.6) is 11.5 Å². The van der Waals surface area contributed by atoms with Crippen LogP contribution in [0.4, 0.5) is 5.13 Å². The van der Waals surface area contributed by atoms with Gasteiger partial charge < -0.3 is 14.8 Å². The van der Waals surface area contributed by atoms with Crippen molar-refractivity contribution < 1.29 is 9.47 Å². The molecule has 0 saturated carbocycles. The van der Waals surface area contributed by atoms with Crippen LogP contribution in [0.3, 0.4) is 0 Å². The van der Waals surface area contributed by atoms with Gasteiger partial charge in [-0.2, -0.15) is 0 Å². The number of benzene rings is 1. The van der Waals surface area contributed by atoms with E-state index < -0.39 is 0 Å². The van der Waals surface area contributed by atoms with E-state index in [9.17, 15) is 0 Å². The summed E-state index contributed by atoms with van der Waals surface area (Å²) in [5.74, 6) is 1.57. The van der Waals surface area contributed by atoms with Gasteiger partial charge in [-0.1, -0.05) is 0 Å². The van der Waals surface area contributed by atoms with Gasteiger partial charge in [0.1, 0.15) is 11.5 Å². The topological polar surface area (TPSA) is 43.4 Å². The van der Waals surface area contributed by atoms with Gasteiger partial charge in [0.15, 0.2) is 5.13 Å². The number of methoxy groups -OCH3 is 2. The van der Waals surface area contributed by atoms with E-state index in [2.05, 4.69) is 10.3 Å². The molecule has 0 radical (unpaired) electrons. The highest BCUT2D eigenvalue weighted by atomic mass is 32.1. The van der Waals surface area contributed by atoms with Crippen molar-refractivity contribution in [3.63, 3.8) is 0 Å². The minimum Gasteiger partial charge on any atom is -0.497 e. The fraction of sp³-hybridized carbons (Fsp3) is 0.308. The maximum absolute atomic E-state index is 5.43. The number of hydrogen-bond acceptors (Lipinski definition) is 5. The second-order valence-electron chi connectivity index (χ2n) is 3.81. The molecule has 1 N–H and O–H groups in total. The lowest BCUT2D eigenvalue weighted by Gasteiger charge is -2.12. The van der Waals surface area contributed by atoms with Crippen molar-refractivity contribution in [2.24, 2.45) is 0 Å². The summed E-state index contributed by atoms with van der Waals surface area (Å²) in [7, 11) is 5.17. The Morgan fingerprint density at radius 1 is 1.22 bits per heavy atom. The van der Waals surface area contributed by atoms with Crippen LogP contribution in [0.2, 0.25) is 0 Å². The third-order valence-electron chi connectivity index (χ3n) is 2.70. The molecule has 1 heterocycles. The number of ether oxygens (including phenoxy) is 2. The first-order valence-corrected chi connectivity index (χ1v) is 6.43. The van der Waals surface area contributed by atoms with Crippen LogP contribution >= 0.6 is 11.3 Å². The summed E-state index contributed by atoms with van der Waals surface area (Å²) in [4.78, 5) is 4.51. The fourth-order valence-electron chi connectivity index (χ4n) is 1.83. The number of thiazole rings is 1. The quantitative estimate of drug-likeness (QED) is 0.921. The molecule has 0 aliphatic rings. The van der Waals surface area contributed by atoms with Crippen LogP contribution in [-0.4, -0.2) is 26.3 Å². The maximum atomic E-state index is 5.43. The van der Waals surface area contributed by atoms with Gasteiger partial charge in [-0.3, -0.25) is 0 Å². The number of anilines is 1. The van der Waals surface area contributed by atoms with E-state index in [1.165, 1.54) is 0 Å². The molecule has 5 heteroatoms. The molecule has 1 aromatic heterocycles. The van der Waals surface area contributed by atoms with Crippen molar-refractivity contribution >= 4 is 16.5 Å². The SMILES string of the molecule is CNc1nc(-c2c(C)cc(OC)cc2OC)cs1. The zero-order valence-electron chi connectivity index (χ0n) is 10.9. The minimum atomic E-state index is 0.778. The standard InChI is InChI=1S/C13H16N2O2S/c1-8-5-9(16-3)6-11(17-4)12(8)10-7-18-13(14-2)15-10/h5-7H,1-4H3,(H,14,15). The van der Waals surface area contributed by atoms with Crippen LogP contribution in [0, 0.1) is 6.92 Å². The Hall–Kier alpha value is -1.75. The first kappa shape index (κ1) is 12.7. The van der Waals surface area contributed by atoms with Gasteiger partial charge in [0.05, 0.1) is 19.9 Å². The van der Waals surface area contributed by atoms with Gasteiger partial charge in [-0.25, -0.2) is 4.98 Å². The van der Waals surface area contributed by atoms with E-state index in [0.717, 1.165) is 33.5 Å². The third-order valence-corrected chi connectivity index (χ3v) is 3.56. The molecule has 2 rings (SSSR count). The molecule has 0 fully saturated rings. The Morgan fingerprint density at radius 3 is 2.56 bits per heavy atom. The first-order valence-electron chi connectivity index (χ1n) is 5.56. The Morgan fingerprint density at radius 2 is 2.00 bits per heavy atom. The molecule has 4 nitrogen and oxygen atoms in total. The van der Waals surface area contributed by atoms with Crippen molar-refractivity contribution in [2.75, 3.05) is 26.6 Å². The van der Waals surface area contributed by atoms with Crippen LogP contribution in [0.25, 0.3) is 11.3 Å². The summed E-state index contributed by atoms with van der Waals surface area (Å²) in [5, 5.41) is 5.95. The molecular weight excluding hydrogens is 248 g/mol. The van der Waals surface area contributed by atoms with Crippen molar-refractivity contribution in [3.05, 3.63) is 23.1 Å². The van der Waals surface area contributed by atoms with E-state index in [4.69, 9.17) is 9.47 Å². The number of hydrogen-bond donors (Lipinski definition) is 1. The summed E-state index contributed by atoms with van der Waals surface area (Å²) >= 11 is 1.57. The number of nitrogens with zero attached hydrogens (tertiary/aromatic N) is 1. The summed E-state index contributed by atoms with van der Waals surface area (Å²) in [6.07, 6.45) is 0. The zero-order chi connectivity index (χ0) is 13.1. The molecule has 0 atom stereocenters. The lowest BCUT2D eigenvalue weighted by Crippen LogP contribution is -1.94. The van der Waals surface area contributed by atoms with Crippen molar-refractivity contribution in [1.82, 2.24) is 4.98 Å². The maximum Gasteiger partial charge on any atom is 0.182 e. The van der Waals surface area contributed by atoms with E-state index in [-0.39, 0.29) is 0 Å². The zero-order valence-corrected chi connectivity index (χ0v) is 11.7. The number of aryl methyl sites for hydroxylation is 1. The predicted octanol–water partition coefficient (Wildman–Crippen LogP) is 3.18. The van der Waals surface area contributed by atoms with Gasteiger partial charge in [0.2, 0.25) is 0 Å². The summed E-state index contributed by atoms with van der Waals surface area (Å²) in [6.45, 7) is 2.03. The average Bonchev–Trinajstić information content (AvgIpc) is 2.85. The smallest absolute Gasteiger partial charge is 0.182 e. The molecule has 0 aliphatic carbocycles. The van der Waals surface area contributed by atoms with Crippen molar-refractivity contribution in [1.29, 1.82) is 0 Å². The van der Waals surface area contributed by atoms with E-state index in [1.807, 2.05) is 31.5 Å². The Bertz CT molecular complexity index is 552. The van der Waals surface area contributed by atoms with E-state index >= 15 is 0 Å². The van der Waals surface area contributed by atoms with Crippen molar-refractivity contribution in [2.45, 2.75) is 6.92 Å². The summed E-state index contributed by atoms with van der Waals surface area (Å²) < 4.78 is 10.7. The number of aromatic nitrogens is 1. The molecule has 0 saturated heterocycles. The highest BCUT2D eigenvalue weighted by molar-refractivity contribution is 7.14. The van der Waals surface area contributed by atoms with Gasteiger partial charge in [0.25, 0.3) is 0 Å². The van der Waals surface area contributed by atoms with Crippen LogP contribution < -0.4 is 14.8 Å². The Kier molecular flexibility index (Phi) is 3.72. The van der Waals surface area contributed by atoms with Gasteiger partial charge in [0, 0.05) is 24.1 Å². The first-order chi connectivity index (χ1) is 8.69. The number of rotatable bonds is 4. The highest BCUT2D eigenvalue weighted by Gasteiger charge is 2.14. The molecule has 0 aliphatic heterocycles. The van der Waals surface area contributed by atoms with Gasteiger partial charge in [-0.15, -0.1) is 11.3 Å². The average molecular weight is 264 g/mol. The van der Waals surface area contributed by atoms with E-state index in [1.54, 1.807) is 25.6 Å². The second-order valence-corrected chi connectivity index (χ2v) is 4.67. The van der Waals surface area contributed by atoms with Crippen LogP contribution in [0.15, 0.2) is 17.5 Å². The molecule has 0 bridgehead atoms. The highest BCUT2D eigenvalue weighted by Crippen LogP contribution is 2.37. The Balaban J connectivity index is 2.55. The minimum absolute atomic E-state index is 0.778. The summed E-state index contributed by atoms with van der Waals surface area (Å²) in [6, 6.07) is 3.86. The molecule has 0 unspecified atom stereocenters.